The van der Waals surface area contributed by atoms with E-state index in [1.165, 1.54) is 18.3 Å². The lowest BCUT2D eigenvalue weighted by Gasteiger charge is -2.27. The fraction of sp³-hybridized carbons (Fsp3) is 0.160. The van der Waals surface area contributed by atoms with Gasteiger partial charge in [0.1, 0.15) is 17.4 Å². The zero-order valence-corrected chi connectivity index (χ0v) is 19.4. The summed E-state index contributed by atoms with van der Waals surface area (Å²) in [5, 5.41) is 1.71. The monoisotopic (exact) mass is 514 g/mol. The van der Waals surface area contributed by atoms with Crippen molar-refractivity contribution in [1.29, 1.82) is 0 Å². The maximum absolute atomic E-state index is 14.9. The highest BCUT2D eigenvalue weighted by molar-refractivity contribution is 9.10. The van der Waals surface area contributed by atoms with Gasteiger partial charge >= 0.3 is 0 Å². The van der Waals surface area contributed by atoms with Crippen molar-refractivity contribution in [2.75, 3.05) is 7.11 Å². The molecule has 2 heterocycles. The summed E-state index contributed by atoms with van der Waals surface area (Å²) in [5.74, 6) is 0.0302. The van der Waals surface area contributed by atoms with Gasteiger partial charge < -0.3 is 4.74 Å². The second-order valence-corrected chi connectivity index (χ2v) is 9.05. The molecule has 4 aromatic rings. The molecule has 162 valence electrons. The fourth-order valence-electron chi connectivity index (χ4n) is 4.50. The highest BCUT2D eigenvalue weighted by atomic mass is 79.9. The number of halogens is 4. The molecule has 7 heteroatoms. The molecule has 0 saturated carbocycles. The minimum atomic E-state index is -0.373. The Morgan fingerprint density at radius 1 is 1.12 bits per heavy atom. The van der Waals surface area contributed by atoms with E-state index in [4.69, 9.17) is 16.3 Å². The molecule has 1 aromatic heterocycles. The van der Waals surface area contributed by atoms with Gasteiger partial charge in [0, 0.05) is 39.6 Å². The Morgan fingerprint density at radius 3 is 2.66 bits per heavy atom. The third kappa shape index (κ3) is 3.66. The summed E-state index contributed by atoms with van der Waals surface area (Å²) < 4.78 is 35.2. The SMILES string of the molecule is COc1ccc(CN2Cc3c(c(Br)cc4cncc(F)c34)C2c2cc(F)ccc2Cl)cc1. The van der Waals surface area contributed by atoms with Crippen molar-refractivity contribution in [3.8, 4) is 5.75 Å². The van der Waals surface area contributed by atoms with E-state index in [-0.39, 0.29) is 17.7 Å². The first-order valence-corrected chi connectivity index (χ1v) is 11.2. The van der Waals surface area contributed by atoms with E-state index in [9.17, 15) is 8.78 Å². The molecule has 0 aliphatic carbocycles. The number of aromatic nitrogens is 1. The molecular weight excluding hydrogens is 498 g/mol. The third-order valence-corrected chi connectivity index (χ3v) is 6.89. The first-order chi connectivity index (χ1) is 15.5. The summed E-state index contributed by atoms with van der Waals surface area (Å²) >= 11 is 10.2. The maximum atomic E-state index is 14.9. The fourth-order valence-corrected chi connectivity index (χ4v) is 5.42. The van der Waals surface area contributed by atoms with Gasteiger partial charge in [0.15, 0.2) is 0 Å². The van der Waals surface area contributed by atoms with Crippen LogP contribution < -0.4 is 4.74 Å². The van der Waals surface area contributed by atoms with Crippen LogP contribution in [0.5, 0.6) is 5.75 Å². The number of pyridine rings is 1. The van der Waals surface area contributed by atoms with Crippen LogP contribution >= 0.6 is 27.5 Å². The summed E-state index contributed by atoms with van der Waals surface area (Å²) in [7, 11) is 1.63. The first-order valence-electron chi connectivity index (χ1n) is 10.0. The quantitative estimate of drug-likeness (QED) is 0.291. The van der Waals surface area contributed by atoms with E-state index in [1.54, 1.807) is 19.4 Å². The van der Waals surface area contributed by atoms with Crippen LogP contribution in [0.15, 0.2) is 65.4 Å². The standard InChI is InChI=1S/C25H18BrClF2N2O/c1-32-17-5-2-14(3-6-17)12-31-13-19-23-15(10-30-11-22(23)29)8-20(26)24(19)25(31)18-9-16(28)4-7-21(18)27/h2-11,25H,12-13H2,1H3. The Balaban J connectivity index is 1.69. The van der Waals surface area contributed by atoms with Crippen LogP contribution in [0.2, 0.25) is 5.02 Å². The molecule has 0 radical (unpaired) electrons. The van der Waals surface area contributed by atoms with Crippen molar-refractivity contribution in [3.63, 3.8) is 0 Å². The van der Waals surface area contributed by atoms with E-state index >= 15 is 0 Å². The van der Waals surface area contributed by atoms with E-state index < -0.39 is 0 Å². The number of methoxy groups -OCH3 is 1. The number of ether oxygens (including phenoxy) is 1. The van der Waals surface area contributed by atoms with Crippen LogP contribution in [0.1, 0.15) is 28.3 Å². The second-order valence-electron chi connectivity index (χ2n) is 7.79. The first kappa shape index (κ1) is 21.3. The lowest BCUT2D eigenvalue weighted by molar-refractivity contribution is 0.234. The molecule has 1 atom stereocenters. The summed E-state index contributed by atoms with van der Waals surface area (Å²) in [5.41, 5.74) is 3.45. The molecule has 1 aliphatic heterocycles. The third-order valence-electron chi connectivity index (χ3n) is 5.89. The van der Waals surface area contributed by atoms with Gasteiger partial charge in [0.05, 0.1) is 19.3 Å². The van der Waals surface area contributed by atoms with Gasteiger partial charge in [-0.25, -0.2) is 8.78 Å². The minimum Gasteiger partial charge on any atom is -0.497 e. The number of hydrogen-bond donors (Lipinski definition) is 0. The van der Waals surface area contributed by atoms with Crippen LogP contribution in [0.4, 0.5) is 8.78 Å². The van der Waals surface area contributed by atoms with Crippen LogP contribution in [-0.2, 0) is 13.1 Å². The van der Waals surface area contributed by atoms with Crippen molar-refractivity contribution in [2.45, 2.75) is 19.1 Å². The average Bonchev–Trinajstić information content (AvgIpc) is 3.15. The number of rotatable bonds is 4. The van der Waals surface area contributed by atoms with Crippen LogP contribution in [0.3, 0.4) is 0 Å². The van der Waals surface area contributed by atoms with Gasteiger partial charge in [-0.15, -0.1) is 0 Å². The van der Waals surface area contributed by atoms with E-state index in [2.05, 4.69) is 25.8 Å². The van der Waals surface area contributed by atoms with Gasteiger partial charge in [-0.2, -0.15) is 0 Å². The Bertz CT molecular complexity index is 1330. The van der Waals surface area contributed by atoms with Crippen LogP contribution in [0.25, 0.3) is 10.8 Å². The summed E-state index contributed by atoms with van der Waals surface area (Å²) in [6, 6.07) is 13.7. The highest BCUT2D eigenvalue weighted by Gasteiger charge is 2.36. The summed E-state index contributed by atoms with van der Waals surface area (Å²) in [4.78, 5) is 6.17. The Labute approximate surface area is 197 Å². The molecule has 0 N–H and O–H groups in total. The van der Waals surface area contributed by atoms with Crippen LogP contribution in [-0.4, -0.2) is 17.0 Å². The minimum absolute atomic E-state index is 0.346. The predicted molar refractivity (Wildman–Crippen MR) is 125 cm³/mol. The number of hydrogen-bond acceptors (Lipinski definition) is 3. The van der Waals surface area contributed by atoms with E-state index in [1.807, 2.05) is 30.3 Å². The Kier molecular flexibility index (Phi) is 5.61. The van der Waals surface area contributed by atoms with Crippen molar-refractivity contribution in [1.82, 2.24) is 9.88 Å². The van der Waals surface area contributed by atoms with Crippen molar-refractivity contribution < 1.29 is 13.5 Å². The molecule has 3 aromatic carbocycles. The van der Waals surface area contributed by atoms with Gasteiger partial charge in [0.2, 0.25) is 0 Å². The molecule has 1 aliphatic rings. The molecule has 0 fully saturated rings. The summed E-state index contributed by atoms with van der Waals surface area (Å²) in [6.07, 6.45) is 2.88. The van der Waals surface area contributed by atoms with E-state index in [0.717, 1.165) is 26.9 Å². The van der Waals surface area contributed by atoms with Gasteiger partial charge in [-0.3, -0.25) is 9.88 Å². The molecule has 0 saturated heterocycles. The zero-order chi connectivity index (χ0) is 22.4. The summed E-state index contributed by atoms with van der Waals surface area (Å²) in [6.45, 7) is 1.05. The number of nitrogens with zero attached hydrogens (tertiary/aromatic N) is 2. The van der Waals surface area contributed by atoms with Crippen molar-refractivity contribution >= 4 is 38.3 Å². The molecule has 3 nitrogen and oxygen atoms in total. The van der Waals surface area contributed by atoms with Gasteiger partial charge in [0.25, 0.3) is 0 Å². The van der Waals surface area contributed by atoms with Gasteiger partial charge in [-0.05, 0) is 58.7 Å². The van der Waals surface area contributed by atoms with E-state index in [0.29, 0.717) is 34.4 Å². The zero-order valence-electron chi connectivity index (χ0n) is 17.1. The second kappa shape index (κ2) is 8.43. The molecule has 1 unspecified atom stereocenters. The maximum Gasteiger partial charge on any atom is 0.149 e. The molecular formula is C25H18BrClF2N2O. The predicted octanol–water partition coefficient (Wildman–Crippen LogP) is 7.04. The smallest absolute Gasteiger partial charge is 0.149 e. The molecule has 0 amide bonds. The number of fused-ring (bicyclic) bond motifs is 3. The average molecular weight is 516 g/mol. The molecule has 0 bridgehead atoms. The lowest BCUT2D eigenvalue weighted by atomic mass is 9.94. The largest absolute Gasteiger partial charge is 0.497 e. The van der Waals surface area contributed by atoms with Crippen LogP contribution in [0, 0.1) is 11.6 Å². The Hall–Kier alpha value is -2.54. The van der Waals surface area contributed by atoms with Crippen molar-refractivity contribution in [3.05, 3.63) is 104 Å². The highest BCUT2D eigenvalue weighted by Crippen LogP contribution is 2.48. The van der Waals surface area contributed by atoms with Gasteiger partial charge in [-0.1, -0.05) is 39.7 Å². The topological polar surface area (TPSA) is 25.4 Å². The molecule has 32 heavy (non-hydrogen) atoms. The normalized spacial score (nSPS) is 15.8. The molecule has 5 rings (SSSR count). The molecule has 0 spiro atoms. The van der Waals surface area contributed by atoms with Crippen molar-refractivity contribution in [2.24, 2.45) is 0 Å². The lowest BCUT2D eigenvalue weighted by Crippen LogP contribution is -2.23. The Morgan fingerprint density at radius 2 is 1.91 bits per heavy atom. The number of benzene rings is 3.